The molecule has 16 heavy (non-hydrogen) atoms. The van der Waals surface area contributed by atoms with E-state index in [4.69, 9.17) is 0 Å². The monoisotopic (exact) mass is 348 g/mol. The first-order chi connectivity index (χ1) is 7.66. The van der Waals surface area contributed by atoms with E-state index >= 15 is 0 Å². The van der Waals surface area contributed by atoms with Gasteiger partial charge in [0.15, 0.2) is 0 Å². The van der Waals surface area contributed by atoms with E-state index in [0.717, 1.165) is 6.42 Å². The minimum absolute atomic E-state index is 0.0676. The zero-order chi connectivity index (χ0) is 11.5. The second-order valence-corrected chi connectivity index (χ2v) is 7.98. The summed E-state index contributed by atoms with van der Waals surface area (Å²) in [5.41, 5.74) is 1.29. The van der Waals surface area contributed by atoms with Crippen LogP contribution in [0, 0.1) is 6.92 Å². The Morgan fingerprint density at radius 2 is 2.06 bits per heavy atom. The second-order valence-electron chi connectivity index (χ2n) is 4.44. The molecule has 0 aromatic heterocycles. The Morgan fingerprint density at radius 1 is 1.31 bits per heavy atom. The van der Waals surface area contributed by atoms with Gasteiger partial charge in [-0.2, -0.15) is 0 Å². The molecule has 1 aromatic rings. The average Bonchev–Trinajstić information content (AvgIpc) is 2.25. The summed E-state index contributed by atoms with van der Waals surface area (Å²) in [6.07, 6.45) is 4.61. The van der Waals surface area contributed by atoms with Gasteiger partial charge < -0.3 is 0 Å². The fourth-order valence-electron chi connectivity index (χ4n) is 2.08. The van der Waals surface area contributed by atoms with Gasteiger partial charge in [0, 0.05) is 0 Å². The van der Waals surface area contributed by atoms with E-state index in [1.807, 2.05) is 0 Å². The van der Waals surface area contributed by atoms with Crippen LogP contribution in [0.4, 0.5) is 0 Å². The summed E-state index contributed by atoms with van der Waals surface area (Å²) in [6.45, 7) is 2.11. The summed E-state index contributed by atoms with van der Waals surface area (Å²) in [5, 5.41) is 9.98. The fraction of sp³-hybridized carbons (Fsp3) is 0.538. The van der Waals surface area contributed by atoms with Crippen LogP contribution < -0.4 is 4.46 Å². The maximum atomic E-state index is 9.98. The molecular weight excluding hydrogens is 331 g/mol. The van der Waals surface area contributed by atoms with Crippen molar-refractivity contribution in [3.05, 3.63) is 28.2 Å². The third kappa shape index (κ3) is 3.10. The van der Waals surface area contributed by atoms with Gasteiger partial charge in [-0.25, -0.2) is 0 Å². The zero-order valence-corrected chi connectivity index (χ0v) is 12.7. The first-order valence-electron chi connectivity index (χ1n) is 5.77. The number of rotatable bonds is 2. The molecule has 1 fully saturated rings. The van der Waals surface area contributed by atoms with Crippen LogP contribution in [-0.2, 0) is 0 Å². The van der Waals surface area contributed by atoms with Crippen LogP contribution in [-0.4, -0.2) is 26.2 Å². The van der Waals surface area contributed by atoms with Crippen LogP contribution in [0.1, 0.15) is 31.2 Å². The quantitative estimate of drug-likeness (QED) is 0.815. The number of aliphatic hydroxyl groups excluding tert-OH is 1. The molecule has 88 valence electrons. The normalized spacial score (nSPS) is 25.7. The summed E-state index contributed by atoms with van der Waals surface area (Å²) >= 11 is 4.02. The Bertz CT molecular complexity index is 367. The Morgan fingerprint density at radius 3 is 2.75 bits per heavy atom. The number of benzene rings is 1. The van der Waals surface area contributed by atoms with Gasteiger partial charge in [-0.3, -0.25) is 0 Å². The topological polar surface area (TPSA) is 20.2 Å². The molecule has 0 spiro atoms. The van der Waals surface area contributed by atoms with Crippen molar-refractivity contribution in [3.63, 3.8) is 0 Å². The van der Waals surface area contributed by atoms with Gasteiger partial charge in [-0.1, -0.05) is 0 Å². The molecule has 2 atom stereocenters. The van der Waals surface area contributed by atoms with E-state index in [0.29, 0.717) is 19.8 Å². The van der Waals surface area contributed by atoms with E-state index in [2.05, 4.69) is 41.1 Å². The van der Waals surface area contributed by atoms with Gasteiger partial charge >= 0.3 is 112 Å². The average molecular weight is 348 g/mol. The fourth-order valence-corrected chi connectivity index (χ4v) is 5.62. The van der Waals surface area contributed by atoms with E-state index in [1.54, 1.807) is 0 Å². The summed E-state index contributed by atoms with van der Waals surface area (Å²) < 4.78 is 2.61. The summed E-state index contributed by atoms with van der Waals surface area (Å²) in [4.78, 5) is 0.514. The number of halogens is 1. The first-order valence-corrected chi connectivity index (χ1v) is 8.41. The van der Waals surface area contributed by atoms with Crippen LogP contribution in [0.2, 0.25) is 4.82 Å². The molecule has 0 unspecified atom stereocenters. The van der Waals surface area contributed by atoms with Crippen LogP contribution in [0.3, 0.4) is 0 Å². The minimum atomic E-state index is -0.0676. The third-order valence-corrected chi connectivity index (χ3v) is 7.35. The van der Waals surface area contributed by atoms with Gasteiger partial charge in [0.25, 0.3) is 0 Å². The van der Waals surface area contributed by atoms with Gasteiger partial charge in [-0.15, -0.1) is 0 Å². The third-order valence-electron chi connectivity index (χ3n) is 3.03. The second kappa shape index (κ2) is 5.68. The van der Waals surface area contributed by atoms with Crippen molar-refractivity contribution in [2.24, 2.45) is 0 Å². The molecule has 1 aliphatic rings. The number of hydrogen-bond acceptors (Lipinski definition) is 1. The van der Waals surface area contributed by atoms with E-state index in [1.165, 1.54) is 33.8 Å². The Labute approximate surface area is 112 Å². The molecule has 0 aliphatic heterocycles. The molecule has 2 rings (SSSR count). The van der Waals surface area contributed by atoms with Gasteiger partial charge in [0.2, 0.25) is 0 Å². The molecule has 0 bridgehead atoms. The SMILES string of the molecule is Cc1ccc([Se][C@H]2CCCC[C@@H]2O)c(Br)c1. The molecule has 1 N–H and O–H groups in total. The molecule has 3 heteroatoms. The van der Waals surface area contributed by atoms with Crippen molar-refractivity contribution >= 4 is 35.3 Å². The molecule has 1 nitrogen and oxygen atoms in total. The summed E-state index contributed by atoms with van der Waals surface area (Å²) in [6, 6.07) is 6.55. The molecule has 0 heterocycles. The molecular formula is C13H17BrOSe. The van der Waals surface area contributed by atoms with Crippen molar-refractivity contribution in [1.82, 2.24) is 0 Å². The van der Waals surface area contributed by atoms with Crippen LogP contribution >= 0.6 is 15.9 Å². The number of hydrogen-bond donors (Lipinski definition) is 1. The standard InChI is InChI=1S/C13H17BrOSe/c1-9-6-7-12(10(14)8-9)16-13-5-3-2-4-11(13)15/h6-8,11,13,15H,2-5H2,1H3/t11-,13-/m0/s1. The Kier molecular flexibility index (Phi) is 4.48. The van der Waals surface area contributed by atoms with E-state index in [-0.39, 0.29) is 6.10 Å². The van der Waals surface area contributed by atoms with Gasteiger partial charge in [-0.05, 0) is 0 Å². The molecule has 0 radical (unpaired) electrons. The van der Waals surface area contributed by atoms with Crippen LogP contribution in [0.5, 0.6) is 0 Å². The first kappa shape index (κ1) is 12.6. The Hall–Kier alpha value is 0.179. The van der Waals surface area contributed by atoms with Crippen LogP contribution in [0.15, 0.2) is 22.7 Å². The number of aliphatic hydroxyl groups is 1. The number of aryl methyl sites for hydroxylation is 1. The van der Waals surface area contributed by atoms with Crippen molar-refractivity contribution in [2.45, 2.75) is 43.5 Å². The zero-order valence-electron chi connectivity index (χ0n) is 9.45. The molecule has 1 aromatic carbocycles. The molecule has 1 aliphatic carbocycles. The summed E-state index contributed by atoms with van der Waals surface area (Å²) in [7, 11) is 0. The Balaban J connectivity index is 2.07. The van der Waals surface area contributed by atoms with Gasteiger partial charge in [0.1, 0.15) is 0 Å². The molecule has 1 saturated carbocycles. The molecule has 0 saturated heterocycles. The predicted molar refractivity (Wildman–Crippen MR) is 72.5 cm³/mol. The van der Waals surface area contributed by atoms with E-state index in [9.17, 15) is 5.11 Å². The summed E-state index contributed by atoms with van der Waals surface area (Å²) in [5.74, 6) is 0. The van der Waals surface area contributed by atoms with Crippen LogP contribution in [0.25, 0.3) is 0 Å². The van der Waals surface area contributed by atoms with Crippen molar-refractivity contribution in [2.75, 3.05) is 0 Å². The van der Waals surface area contributed by atoms with Crippen molar-refractivity contribution in [1.29, 1.82) is 0 Å². The van der Waals surface area contributed by atoms with E-state index < -0.39 is 0 Å². The predicted octanol–water partition coefficient (Wildman–Crippen LogP) is 2.81. The van der Waals surface area contributed by atoms with Crippen molar-refractivity contribution < 1.29 is 5.11 Å². The molecule has 0 amide bonds. The van der Waals surface area contributed by atoms with Crippen molar-refractivity contribution in [3.8, 4) is 0 Å². The van der Waals surface area contributed by atoms with Gasteiger partial charge in [0.05, 0.1) is 0 Å². The maximum absolute atomic E-state index is 9.98.